The molecule has 2 rings (SSSR count). The Bertz CT molecular complexity index is 637. The minimum atomic E-state index is 0.892. The average molecular weight is 258 g/mol. The Labute approximate surface area is 114 Å². The summed E-state index contributed by atoms with van der Waals surface area (Å²) in [5, 5.41) is 6.31. The lowest BCUT2D eigenvalue weighted by atomic mass is 10.0. The lowest BCUT2D eigenvalue weighted by Gasteiger charge is -2.13. The molecule has 0 spiro atoms. The van der Waals surface area contributed by atoms with E-state index in [1.54, 1.807) is 0 Å². The number of nitrogens with zero attached hydrogens (tertiary/aromatic N) is 4. The highest BCUT2D eigenvalue weighted by Gasteiger charge is 2.12. The Kier molecular flexibility index (Phi) is 3.60. The average Bonchev–Trinajstić information content (AvgIpc) is 2.84. The molecular weight excluding hydrogens is 236 g/mol. The highest BCUT2D eigenvalue weighted by atomic mass is 15.4. The van der Waals surface area contributed by atoms with Gasteiger partial charge in [0.15, 0.2) is 0 Å². The van der Waals surface area contributed by atoms with Gasteiger partial charge in [0.25, 0.3) is 0 Å². The van der Waals surface area contributed by atoms with Gasteiger partial charge in [-0.3, -0.25) is 4.40 Å². The molecule has 0 aliphatic heterocycles. The molecule has 2 aromatic rings. The second-order valence-electron chi connectivity index (χ2n) is 5.02. The summed E-state index contributed by atoms with van der Waals surface area (Å²) in [7, 11) is 1.97. The molecule has 102 valence electrons. The van der Waals surface area contributed by atoms with Crippen molar-refractivity contribution in [3.8, 4) is 0 Å². The maximum atomic E-state index is 4.54. The zero-order chi connectivity index (χ0) is 14.2. The van der Waals surface area contributed by atoms with Crippen LogP contribution < -0.4 is 0 Å². The lowest BCUT2D eigenvalue weighted by Crippen LogP contribution is -2.10. The number of aryl methyl sites for hydroxylation is 2. The van der Waals surface area contributed by atoms with Crippen LogP contribution in [0, 0.1) is 27.7 Å². The number of hydrazone groups is 1. The molecule has 0 aliphatic carbocycles. The highest BCUT2D eigenvalue weighted by molar-refractivity contribution is 5.79. The lowest BCUT2D eigenvalue weighted by molar-refractivity contribution is 0.377. The molecule has 0 aromatic carbocycles. The highest BCUT2D eigenvalue weighted by Crippen LogP contribution is 2.22. The normalized spacial score (nSPS) is 11.7. The summed E-state index contributed by atoms with van der Waals surface area (Å²) in [6.45, 7) is 11.6. The quantitative estimate of drug-likeness (QED) is 0.626. The number of rotatable bonds is 3. The molecule has 2 heterocycles. The Balaban J connectivity index is 2.63. The van der Waals surface area contributed by atoms with Crippen LogP contribution in [-0.4, -0.2) is 34.2 Å². The van der Waals surface area contributed by atoms with E-state index in [0.717, 1.165) is 17.9 Å². The van der Waals surface area contributed by atoms with E-state index in [1.807, 2.05) is 24.5 Å². The Morgan fingerprint density at radius 1 is 1.21 bits per heavy atom. The summed E-state index contributed by atoms with van der Waals surface area (Å²) in [6, 6.07) is 0. The number of aromatic nitrogens is 2. The minimum Gasteiger partial charge on any atom is -0.300 e. The van der Waals surface area contributed by atoms with Crippen LogP contribution in [0.1, 0.15) is 35.0 Å². The van der Waals surface area contributed by atoms with Gasteiger partial charge < -0.3 is 5.01 Å². The zero-order valence-corrected chi connectivity index (χ0v) is 12.7. The fraction of sp³-hybridized carbons (Fsp3) is 0.467. The molecular formula is C15H22N4. The van der Waals surface area contributed by atoms with Crippen LogP contribution in [-0.2, 0) is 0 Å². The van der Waals surface area contributed by atoms with Crippen molar-refractivity contribution in [3.63, 3.8) is 0 Å². The summed E-state index contributed by atoms with van der Waals surface area (Å²) >= 11 is 0. The number of fused-ring (bicyclic) bond motifs is 1. The van der Waals surface area contributed by atoms with Crippen molar-refractivity contribution in [2.24, 2.45) is 5.10 Å². The summed E-state index contributed by atoms with van der Waals surface area (Å²) in [5.74, 6) is 0. The van der Waals surface area contributed by atoms with Gasteiger partial charge in [-0.2, -0.15) is 5.10 Å². The number of hydrogen-bond donors (Lipinski definition) is 0. The zero-order valence-electron chi connectivity index (χ0n) is 12.7. The van der Waals surface area contributed by atoms with Crippen molar-refractivity contribution in [2.45, 2.75) is 34.6 Å². The van der Waals surface area contributed by atoms with E-state index in [1.165, 1.54) is 22.4 Å². The molecule has 0 amide bonds. The summed E-state index contributed by atoms with van der Waals surface area (Å²) in [4.78, 5) is 4.54. The molecule has 4 nitrogen and oxygen atoms in total. The van der Waals surface area contributed by atoms with E-state index in [0.29, 0.717) is 0 Å². The van der Waals surface area contributed by atoms with Crippen molar-refractivity contribution >= 4 is 11.9 Å². The van der Waals surface area contributed by atoms with Crippen LogP contribution in [0.2, 0.25) is 0 Å². The summed E-state index contributed by atoms with van der Waals surface area (Å²) in [5.41, 5.74) is 7.18. The van der Waals surface area contributed by atoms with Crippen LogP contribution in [0.5, 0.6) is 0 Å². The van der Waals surface area contributed by atoms with Crippen molar-refractivity contribution in [1.29, 1.82) is 0 Å². The third-order valence-corrected chi connectivity index (χ3v) is 3.97. The first kappa shape index (κ1) is 13.6. The van der Waals surface area contributed by atoms with Gasteiger partial charge in [-0.1, -0.05) is 0 Å². The Morgan fingerprint density at radius 3 is 2.53 bits per heavy atom. The minimum absolute atomic E-state index is 0.892. The molecule has 2 aromatic heterocycles. The Hall–Kier alpha value is -1.84. The molecule has 0 bridgehead atoms. The smallest absolute Gasteiger partial charge is 0.140 e. The number of pyridine rings is 1. The van der Waals surface area contributed by atoms with E-state index in [2.05, 4.69) is 49.1 Å². The van der Waals surface area contributed by atoms with Crippen molar-refractivity contribution in [3.05, 3.63) is 34.3 Å². The van der Waals surface area contributed by atoms with Gasteiger partial charge in [-0.15, -0.1) is 0 Å². The molecule has 0 radical (unpaired) electrons. The first-order valence-electron chi connectivity index (χ1n) is 6.66. The van der Waals surface area contributed by atoms with Crippen molar-refractivity contribution in [1.82, 2.24) is 14.4 Å². The maximum Gasteiger partial charge on any atom is 0.140 e. The van der Waals surface area contributed by atoms with Gasteiger partial charge in [0, 0.05) is 19.3 Å². The predicted octanol–water partition coefficient (Wildman–Crippen LogP) is 2.85. The van der Waals surface area contributed by atoms with Crippen LogP contribution in [0.4, 0.5) is 0 Å². The topological polar surface area (TPSA) is 32.9 Å². The largest absolute Gasteiger partial charge is 0.300 e. The molecule has 19 heavy (non-hydrogen) atoms. The molecule has 0 unspecified atom stereocenters. The van der Waals surface area contributed by atoms with E-state index >= 15 is 0 Å². The third-order valence-electron chi connectivity index (χ3n) is 3.97. The monoisotopic (exact) mass is 258 g/mol. The number of imidazole rings is 1. The van der Waals surface area contributed by atoms with E-state index in [9.17, 15) is 0 Å². The molecule has 0 saturated heterocycles. The van der Waals surface area contributed by atoms with Gasteiger partial charge in [-0.05, 0) is 51.3 Å². The molecule has 0 N–H and O–H groups in total. The standard InChI is InChI=1S/C15H22N4/c1-7-18(6)17-9-14-8-16-15-12(4)10(2)11(3)13(5)19(14)15/h8-9H,7H2,1-6H3/b17-9-. The predicted molar refractivity (Wildman–Crippen MR) is 80.0 cm³/mol. The second kappa shape index (κ2) is 5.03. The number of hydrogen-bond acceptors (Lipinski definition) is 3. The summed E-state index contributed by atoms with van der Waals surface area (Å²) in [6.07, 6.45) is 3.77. The molecule has 0 saturated carbocycles. The molecule has 0 atom stereocenters. The van der Waals surface area contributed by atoms with Gasteiger partial charge in [0.05, 0.1) is 18.1 Å². The Morgan fingerprint density at radius 2 is 1.89 bits per heavy atom. The van der Waals surface area contributed by atoms with Crippen molar-refractivity contribution in [2.75, 3.05) is 13.6 Å². The van der Waals surface area contributed by atoms with Gasteiger partial charge in [0.1, 0.15) is 5.65 Å². The SMILES string of the molecule is CCN(C)/N=C\c1cnc2c(C)c(C)c(C)c(C)n12. The third kappa shape index (κ3) is 2.23. The van der Waals surface area contributed by atoms with Crippen LogP contribution >= 0.6 is 0 Å². The van der Waals surface area contributed by atoms with E-state index < -0.39 is 0 Å². The van der Waals surface area contributed by atoms with Gasteiger partial charge >= 0.3 is 0 Å². The molecule has 4 heteroatoms. The second-order valence-corrected chi connectivity index (χ2v) is 5.02. The molecule has 0 fully saturated rings. The summed E-state index contributed by atoms with van der Waals surface area (Å²) < 4.78 is 2.19. The molecule has 0 aliphatic rings. The van der Waals surface area contributed by atoms with Crippen LogP contribution in [0.15, 0.2) is 11.3 Å². The van der Waals surface area contributed by atoms with E-state index in [-0.39, 0.29) is 0 Å². The first-order valence-corrected chi connectivity index (χ1v) is 6.66. The van der Waals surface area contributed by atoms with Gasteiger partial charge in [0.2, 0.25) is 0 Å². The van der Waals surface area contributed by atoms with Crippen molar-refractivity contribution < 1.29 is 0 Å². The maximum absolute atomic E-state index is 4.54. The van der Waals surface area contributed by atoms with Crippen LogP contribution in [0.3, 0.4) is 0 Å². The van der Waals surface area contributed by atoms with E-state index in [4.69, 9.17) is 0 Å². The van der Waals surface area contributed by atoms with Crippen LogP contribution in [0.25, 0.3) is 5.65 Å². The fourth-order valence-corrected chi connectivity index (χ4v) is 2.20. The van der Waals surface area contributed by atoms with Gasteiger partial charge in [-0.25, -0.2) is 4.98 Å². The fourth-order valence-electron chi connectivity index (χ4n) is 2.20. The first-order chi connectivity index (χ1) is 8.97.